The Morgan fingerprint density at radius 3 is 0.971 bits per heavy atom. The number of hydrogen-bond acceptors (Lipinski definition) is 0. The van der Waals surface area contributed by atoms with E-state index in [0.29, 0.717) is 0 Å². The molecule has 0 nitrogen and oxygen atoms in total. The average molecular weight is 507 g/mol. The van der Waals surface area contributed by atoms with E-state index in [9.17, 15) is 0 Å². The molecule has 1 aromatic carbocycles. The van der Waals surface area contributed by atoms with Gasteiger partial charge in [0.05, 0.1) is 0 Å². The maximum atomic E-state index is 3.92. The topological polar surface area (TPSA) is 0 Å². The van der Waals surface area contributed by atoms with E-state index in [1.54, 1.807) is 0 Å². The predicted molar refractivity (Wildman–Crippen MR) is 163 cm³/mol. The molecule has 0 spiro atoms. The fourth-order valence-electron chi connectivity index (χ4n) is 4.72. The van der Waals surface area contributed by atoms with E-state index < -0.39 is 29.6 Å². The second kappa shape index (κ2) is 14.2. The summed E-state index contributed by atoms with van der Waals surface area (Å²) in [5, 5.41) is 0. The van der Waals surface area contributed by atoms with Crippen molar-refractivity contribution in [3.8, 4) is 34.4 Å². The van der Waals surface area contributed by atoms with Crippen molar-refractivity contribution in [3.63, 3.8) is 0 Å². The van der Waals surface area contributed by atoms with Gasteiger partial charge in [0, 0.05) is 0 Å². The van der Waals surface area contributed by atoms with E-state index in [1.165, 1.54) is 60.0 Å². The molecule has 0 aliphatic heterocycles. The summed E-state index contributed by atoms with van der Waals surface area (Å²) in [4.78, 5) is 0. The molecule has 0 atom stereocenters. The molecule has 0 unspecified atom stereocenters. The van der Waals surface area contributed by atoms with Crippen LogP contribution in [0.1, 0.15) is 67.9 Å². The Morgan fingerprint density at radius 2 is 0.735 bits per heavy atom. The lowest BCUT2D eigenvalue weighted by molar-refractivity contribution is 0.968. The Kier molecular flexibility index (Phi) is 12.8. The molecule has 0 aliphatic rings. The van der Waals surface area contributed by atoms with Crippen LogP contribution >= 0.6 is 0 Å². The lowest BCUT2D eigenvalue weighted by Crippen LogP contribution is -2.34. The summed E-state index contributed by atoms with van der Waals surface area (Å²) in [5.41, 5.74) is 12.3. The van der Waals surface area contributed by atoms with E-state index >= 15 is 0 Å². The van der Waals surface area contributed by atoms with Gasteiger partial charge in [0.1, 0.15) is 24.2 Å². The zero-order chi connectivity index (χ0) is 25.7. The number of hydrogen-bond donors (Lipinski definition) is 0. The molecule has 0 fully saturated rings. The van der Waals surface area contributed by atoms with Crippen LogP contribution in [0.15, 0.2) is 30.3 Å². The lowest BCUT2D eigenvalue weighted by atomic mass is 9.83. The van der Waals surface area contributed by atoms with Crippen molar-refractivity contribution in [2.75, 3.05) is 0 Å². The van der Waals surface area contributed by atoms with Crippen LogP contribution in [0.4, 0.5) is 0 Å². The largest absolute Gasteiger partial charge is 0.175 e. The Hall–Kier alpha value is -1.45. The average Bonchev–Trinajstić information content (AvgIpc) is 2.91. The van der Waals surface area contributed by atoms with Gasteiger partial charge in [0.15, 0.2) is 5.41 Å². The molecule has 0 aromatic heterocycles. The highest BCUT2D eigenvalue weighted by Gasteiger charge is 2.33. The van der Waals surface area contributed by atoms with Crippen molar-refractivity contribution in [1.82, 2.24) is 0 Å². The van der Waals surface area contributed by atoms with E-state index in [0.717, 1.165) is 0 Å². The fourth-order valence-corrected chi connectivity index (χ4v) is 12.2. The first-order chi connectivity index (χ1) is 16.3. The van der Waals surface area contributed by atoms with Crippen molar-refractivity contribution in [1.29, 1.82) is 0 Å². The Balaban J connectivity index is 4.07. The highest BCUT2D eigenvalue weighted by atomic mass is 28.3. The first-order valence-electron chi connectivity index (χ1n) is 14.0. The normalized spacial score (nSPS) is 12.0. The standard InChI is InChI=1S/C31H50Si3/c1-10-32(11-2,12-3)27-24-31(30-22-20-19-21-23-30,25-28-33(13-4,14-5)15-6)26-29-34(16-7,17-8)18-9/h19-23H,10-18H2,1-9H3. The number of rotatable bonds is 10. The summed E-state index contributed by atoms with van der Waals surface area (Å²) >= 11 is 0. The first kappa shape index (κ1) is 30.6. The van der Waals surface area contributed by atoms with Crippen molar-refractivity contribution in [2.45, 2.75) is 122 Å². The highest BCUT2D eigenvalue weighted by Crippen LogP contribution is 2.28. The number of benzene rings is 1. The van der Waals surface area contributed by atoms with Gasteiger partial charge in [-0.25, -0.2) is 0 Å². The van der Waals surface area contributed by atoms with Crippen molar-refractivity contribution in [2.24, 2.45) is 0 Å². The molecule has 1 aromatic rings. The van der Waals surface area contributed by atoms with Crippen LogP contribution < -0.4 is 0 Å². The SMILES string of the molecule is CC[Si](C#CC(C#C[Si](CC)(CC)CC)(C#C[Si](CC)(CC)CC)c1ccccc1)(CC)CC. The van der Waals surface area contributed by atoms with Crippen LogP contribution in [0.25, 0.3) is 0 Å². The minimum absolute atomic E-state index is 0.672. The molecule has 0 saturated carbocycles. The minimum atomic E-state index is -1.63. The maximum absolute atomic E-state index is 3.92. The maximum Gasteiger partial charge on any atom is 0.175 e. The van der Waals surface area contributed by atoms with Gasteiger partial charge < -0.3 is 0 Å². The molecule has 3 heteroatoms. The fraction of sp³-hybridized carbons (Fsp3) is 0.613. The lowest BCUT2D eigenvalue weighted by Gasteiger charge is -2.26. The Bertz CT molecular complexity index is 797. The van der Waals surface area contributed by atoms with E-state index in [-0.39, 0.29) is 0 Å². The highest BCUT2D eigenvalue weighted by molar-refractivity contribution is 6.88. The van der Waals surface area contributed by atoms with Gasteiger partial charge in [-0.15, -0.1) is 16.6 Å². The summed E-state index contributed by atoms with van der Waals surface area (Å²) in [5.74, 6) is 11.5. The van der Waals surface area contributed by atoms with Crippen molar-refractivity contribution < 1.29 is 0 Å². The van der Waals surface area contributed by atoms with Crippen LogP contribution in [0.3, 0.4) is 0 Å². The van der Waals surface area contributed by atoms with Gasteiger partial charge in [0.25, 0.3) is 0 Å². The third-order valence-corrected chi connectivity index (χ3v) is 23.0. The van der Waals surface area contributed by atoms with E-state index in [2.05, 4.69) is 127 Å². The second-order valence-electron chi connectivity index (χ2n) is 9.89. The molecule has 0 radical (unpaired) electrons. The zero-order valence-corrected chi connectivity index (χ0v) is 26.8. The molecule has 0 aliphatic carbocycles. The first-order valence-corrected chi connectivity index (χ1v) is 21.8. The molecule has 34 heavy (non-hydrogen) atoms. The Morgan fingerprint density at radius 1 is 0.471 bits per heavy atom. The van der Waals surface area contributed by atoms with Crippen LogP contribution in [0.5, 0.6) is 0 Å². The predicted octanol–water partition coefficient (Wildman–Crippen LogP) is 9.08. The summed E-state index contributed by atoms with van der Waals surface area (Å²) in [7, 11) is -4.90. The summed E-state index contributed by atoms with van der Waals surface area (Å²) in [6.07, 6.45) is 0. The Labute approximate surface area is 216 Å². The quantitative estimate of drug-likeness (QED) is 0.219. The van der Waals surface area contributed by atoms with Gasteiger partial charge in [-0.05, 0) is 60.0 Å². The van der Waals surface area contributed by atoms with Crippen LogP contribution in [0.2, 0.25) is 54.4 Å². The minimum Gasteiger partial charge on any atom is -0.128 e. The van der Waals surface area contributed by atoms with Gasteiger partial charge in [-0.1, -0.05) is 110 Å². The monoisotopic (exact) mass is 506 g/mol. The van der Waals surface area contributed by atoms with Crippen LogP contribution in [0, 0.1) is 34.4 Å². The second-order valence-corrected chi connectivity index (χ2v) is 24.7. The molecule has 0 bridgehead atoms. The third kappa shape index (κ3) is 7.28. The molecular weight excluding hydrogens is 457 g/mol. The molecule has 186 valence electrons. The third-order valence-electron chi connectivity index (χ3n) is 8.84. The summed E-state index contributed by atoms with van der Waals surface area (Å²) < 4.78 is 0. The van der Waals surface area contributed by atoms with Gasteiger partial charge in [0.2, 0.25) is 0 Å². The molecular formula is C31H50Si3. The summed E-state index contributed by atoms with van der Waals surface area (Å²) in [6.45, 7) is 21.0. The van der Waals surface area contributed by atoms with Crippen LogP contribution in [-0.4, -0.2) is 24.2 Å². The van der Waals surface area contributed by atoms with Gasteiger partial charge in [-0.2, -0.15) is 0 Å². The van der Waals surface area contributed by atoms with E-state index in [1.807, 2.05) is 0 Å². The van der Waals surface area contributed by atoms with Crippen molar-refractivity contribution >= 4 is 24.2 Å². The smallest absolute Gasteiger partial charge is 0.128 e. The summed E-state index contributed by atoms with van der Waals surface area (Å²) in [6, 6.07) is 21.6. The zero-order valence-electron chi connectivity index (χ0n) is 23.8. The van der Waals surface area contributed by atoms with Gasteiger partial charge in [-0.3, -0.25) is 0 Å². The molecule has 0 saturated heterocycles. The van der Waals surface area contributed by atoms with E-state index in [4.69, 9.17) is 0 Å². The molecule has 0 amide bonds. The molecule has 0 N–H and O–H groups in total. The van der Waals surface area contributed by atoms with Gasteiger partial charge >= 0.3 is 0 Å². The molecule has 1 rings (SSSR count). The van der Waals surface area contributed by atoms with Crippen LogP contribution in [-0.2, 0) is 5.41 Å². The van der Waals surface area contributed by atoms with Crippen molar-refractivity contribution in [3.05, 3.63) is 35.9 Å². The molecule has 0 heterocycles.